The van der Waals surface area contributed by atoms with Crippen LogP contribution in [0.5, 0.6) is 5.75 Å². The maximum Gasteiger partial charge on any atom is 0.346 e. The lowest BCUT2D eigenvalue weighted by molar-refractivity contribution is -0.116. The third-order valence-electron chi connectivity index (χ3n) is 4.84. The number of ether oxygens (including phenoxy) is 1. The van der Waals surface area contributed by atoms with Gasteiger partial charge in [-0.3, -0.25) is 4.79 Å². The van der Waals surface area contributed by atoms with Gasteiger partial charge in [-0.1, -0.05) is 41.8 Å². The number of hydrogen-bond donors (Lipinski definition) is 2. The molecule has 4 rings (SSSR count). The van der Waals surface area contributed by atoms with E-state index in [1.165, 1.54) is 11.3 Å². The van der Waals surface area contributed by atoms with E-state index in [9.17, 15) is 14.7 Å². The van der Waals surface area contributed by atoms with Crippen LogP contribution in [0.2, 0.25) is 5.02 Å². The topological polar surface area (TPSA) is 75.6 Å². The molecule has 1 aromatic heterocycles. The van der Waals surface area contributed by atoms with Gasteiger partial charge in [0.15, 0.2) is 0 Å². The predicted octanol–water partition coefficient (Wildman–Crippen LogP) is 5.25. The number of fused-ring (bicyclic) bond motifs is 1. The molecule has 0 radical (unpaired) electrons. The van der Waals surface area contributed by atoms with Gasteiger partial charge in [0, 0.05) is 27.8 Å². The van der Waals surface area contributed by atoms with Crippen LogP contribution in [0.4, 0.5) is 5.69 Å². The Morgan fingerprint density at radius 2 is 1.93 bits per heavy atom. The number of carbonyl (C=O) groups is 2. The number of nitrogens with one attached hydrogen (secondary N) is 1. The molecule has 2 aromatic carbocycles. The number of terminal acetylenes is 1. The van der Waals surface area contributed by atoms with Gasteiger partial charge in [0.25, 0.3) is 0 Å². The Bertz CT molecular complexity index is 1160. The van der Waals surface area contributed by atoms with Gasteiger partial charge in [-0.25, -0.2) is 4.79 Å². The number of carboxylic acids is 1. The van der Waals surface area contributed by atoms with E-state index < -0.39 is 5.97 Å². The quantitative estimate of drug-likeness (QED) is 0.534. The van der Waals surface area contributed by atoms with Crippen molar-refractivity contribution in [1.82, 2.24) is 0 Å². The minimum Gasteiger partial charge on any atom is -0.481 e. The van der Waals surface area contributed by atoms with Crippen LogP contribution in [0.3, 0.4) is 0 Å². The standard InChI is InChI=1S/C23H16ClNO4S/c1-2-11-29-16-9-5-13(6-10-16)17-12-18(26)25-20-19(14-3-7-15(24)8-4-14)22(23(27)28)30-21(17)20/h1,3-10,17H,11-12H2,(H,25,26)(H,27,28). The zero-order chi connectivity index (χ0) is 21.3. The molecule has 2 heterocycles. The summed E-state index contributed by atoms with van der Waals surface area (Å²) < 4.78 is 5.41. The minimum absolute atomic E-state index is 0.162. The van der Waals surface area contributed by atoms with Gasteiger partial charge in [0.1, 0.15) is 17.2 Å². The number of thiophene rings is 1. The van der Waals surface area contributed by atoms with E-state index in [4.69, 9.17) is 22.8 Å². The first-order valence-electron chi connectivity index (χ1n) is 9.10. The normalized spacial score (nSPS) is 15.1. The molecular weight excluding hydrogens is 422 g/mol. The molecule has 0 bridgehead atoms. The lowest BCUT2D eigenvalue weighted by Crippen LogP contribution is -2.22. The molecule has 7 heteroatoms. The first-order chi connectivity index (χ1) is 14.5. The molecule has 30 heavy (non-hydrogen) atoms. The summed E-state index contributed by atoms with van der Waals surface area (Å²) in [4.78, 5) is 25.5. The van der Waals surface area contributed by atoms with Crippen LogP contribution in [-0.2, 0) is 4.79 Å². The average molecular weight is 438 g/mol. The number of amides is 1. The number of anilines is 1. The Labute approximate surface area is 182 Å². The van der Waals surface area contributed by atoms with Gasteiger partial charge in [-0.15, -0.1) is 17.8 Å². The van der Waals surface area contributed by atoms with E-state index in [2.05, 4.69) is 11.2 Å². The Morgan fingerprint density at radius 3 is 2.57 bits per heavy atom. The minimum atomic E-state index is -1.04. The Morgan fingerprint density at radius 1 is 1.23 bits per heavy atom. The molecule has 0 fully saturated rings. The van der Waals surface area contributed by atoms with Crippen molar-refractivity contribution < 1.29 is 19.4 Å². The second kappa shape index (κ2) is 8.23. The number of benzene rings is 2. The predicted molar refractivity (Wildman–Crippen MR) is 118 cm³/mol. The SMILES string of the molecule is C#CCOc1ccc(C2CC(=O)Nc3c2sc(C(=O)O)c3-c2ccc(Cl)cc2)cc1. The summed E-state index contributed by atoms with van der Waals surface area (Å²) in [6.07, 6.45) is 5.45. The fourth-order valence-electron chi connectivity index (χ4n) is 3.52. The van der Waals surface area contributed by atoms with E-state index in [1.807, 2.05) is 12.1 Å². The van der Waals surface area contributed by atoms with Gasteiger partial charge >= 0.3 is 5.97 Å². The van der Waals surface area contributed by atoms with Crippen LogP contribution in [0, 0.1) is 12.3 Å². The van der Waals surface area contributed by atoms with Crippen molar-refractivity contribution in [2.75, 3.05) is 11.9 Å². The van der Waals surface area contributed by atoms with Crippen molar-refractivity contribution in [2.45, 2.75) is 12.3 Å². The van der Waals surface area contributed by atoms with Crippen molar-refractivity contribution >= 4 is 40.5 Å². The first kappa shape index (κ1) is 20.0. The largest absolute Gasteiger partial charge is 0.481 e. The molecule has 0 aliphatic carbocycles. The van der Waals surface area contributed by atoms with Gasteiger partial charge in [-0.05, 0) is 35.4 Å². The zero-order valence-electron chi connectivity index (χ0n) is 15.6. The molecular formula is C23H16ClNO4S. The summed E-state index contributed by atoms with van der Waals surface area (Å²) in [5.41, 5.74) is 2.65. The number of hydrogen-bond acceptors (Lipinski definition) is 4. The molecule has 0 saturated carbocycles. The van der Waals surface area contributed by atoms with Crippen molar-refractivity contribution in [3.8, 4) is 29.2 Å². The molecule has 1 aliphatic heterocycles. The second-order valence-electron chi connectivity index (χ2n) is 6.72. The number of aromatic carboxylic acids is 1. The molecule has 150 valence electrons. The number of carboxylic acid groups (broad SMARTS) is 1. The molecule has 1 unspecified atom stereocenters. The lowest BCUT2D eigenvalue weighted by atomic mass is 9.88. The molecule has 5 nitrogen and oxygen atoms in total. The second-order valence-corrected chi connectivity index (χ2v) is 8.21. The van der Waals surface area contributed by atoms with E-state index in [-0.39, 0.29) is 29.7 Å². The number of halogens is 1. The van der Waals surface area contributed by atoms with Crippen LogP contribution in [0.15, 0.2) is 48.5 Å². The van der Waals surface area contributed by atoms with Crippen LogP contribution in [-0.4, -0.2) is 23.6 Å². The highest BCUT2D eigenvalue weighted by Gasteiger charge is 2.34. The fourth-order valence-corrected chi connectivity index (χ4v) is 4.89. The fraction of sp³-hybridized carbons (Fsp3) is 0.130. The lowest BCUT2D eigenvalue weighted by Gasteiger charge is -2.24. The number of carbonyl (C=O) groups excluding carboxylic acids is 1. The van der Waals surface area contributed by atoms with Crippen molar-refractivity contribution in [3.05, 3.63) is 68.9 Å². The molecule has 1 amide bonds. The average Bonchev–Trinajstić information content (AvgIpc) is 3.12. The van der Waals surface area contributed by atoms with Crippen molar-refractivity contribution in [1.29, 1.82) is 0 Å². The van der Waals surface area contributed by atoms with Gasteiger partial charge < -0.3 is 15.2 Å². The molecule has 2 N–H and O–H groups in total. The molecule has 3 aromatic rings. The van der Waals surface area contributed by atoms with Gasteiger partial charge in [-0.2, -0.15) is 0 Å². The molecule has 0 spiro atoms. The highest BCUT2D eigenvalue weighted by Crippen LogP contribution is 2.49. The molecule has 1 atom stereocenters. The summed E-state index contributed by atoms with van der Waals surface area (Å²) in [5.74, 6) is 1.60. The van der Waals surface area contributed by atoms with Crippen molar-refractivity contribution in [2.24, 2.45) is 0 Å². The van der Waals surface area contributed by atoms with Crippen LogP contribution < -0.4 is 10.1 Å². The summed E-state index contributed by atoms with van der Waals surface area (Å²) in [7, 11) is 0. The highest BCUT2D eigenvalue weighted by atomic mass is 35.5. The van der Waals surface area contributed by atoms with Crippen LogP contribution in [0.1, 0.15) is 32.5 Å². The van der Waals surface area contributed by atoms with E-state index in [1.54, 1.807) is 36.4 Å². The van der Waals surface area contributed by atoms with Crippen molar-refractivity contribution in [3.63, 3.8) is 0 Å². The van der Waals surface area contributed by atoms with E-state index in [0.29, 0.717) is 27.6 Å². The zero-order valence-corrected chi connectivity index (χ0v) is 17.2. The Hall–Kier alpha value is -3.27. The van der Waals surface area contributed by atoms with E-state index in [0.717, 1.165) is 10.4 Å². The summed E-state index contributed by atoms with van der Waals surface area (Å²) in [6.45, 7) is 0.173. The molecule has 0 saturated heterocycles. The molecule has 1 aliphatic rings. The van der Waals surface area contributed by atoms with Gasteiger partial charge in [0.2, 0.25) is 5.91 Å². The van der Waals surface area contributed by atoms with Crippen LogP contribution in [0.25, 0.3) is 11.1 Å². The smallest absolute Gasteiger partial charge is 0.346 e. The highest BCUT2D eigenvalue weighted by molar-refractivity contribution is 7.15. The maximum absolute atomic E-state index is 12.5. The van der Waals surface area contributed by atoms with Gasteiger partial charge in [0.05, 0.1) is 5.69 Å². The summed E-state index contributed by atoms with van der Waals surface area (Å²) >= 11 is 7.17. The Balaban J connectivity index is 1.81. The number of rotatable bonds is 5. The maximum atomic E-state index is 12.5. The summed E-state index contributed by atoms with van der Waals surface area (Å²) in [6, 6.07) is 14.2. The summed E-state index contributed by atoms with van der Waals surface area (Å²) in [5, 5.41) is 13.2. The third kappa shape index (κ3) is 3.78. The third-order valence-corrected chi connectivity index (χ3v) is 6.38. The monoisotopic (exact) mass is 437 g/mol. The van der Waals surface area contributed by atoms with Crippen LogP contribution >= 0.6 is 22.9 Å². The Kier molecular flexibility index (Phi) is 5.49. The first-order valence-corrected chi connectivity index (χ1v) is 10.3. The van der Waals surface area contributed by atoms with E-state index >= 15 is 0 Å².